The minimum atomic E-state index is -0.274. The average Bonchev–Trinajstić information content (AvgIpc) is 2.92. The fourth-order valence-electron chi connectivity index (χ4n) is 2.75. The summed E-state index contributed by atoms with van der Waals surface area (Å²) in [5.74, 6) is -0.521. The molecule has 3 rings (SSSR count). The summed E-state index contributed by atoms with van der Waals surface area (Å²) >= 11 is 6.50. The van der Waals surface area contributed by atoms with Gasteiger partial charge in [-0.05, 0) is 37.1 Å². The zero-order chi connectivity index (χ0) is 20.1. The van der Waals surface area contributed by atoms with E-state index in [1.54, 1.807) is 6.08 Å². The molecule has 0 radical (unpaired) electrons. The van der Waals surface area contributed by atoms with Crippen LogP contribution in [0.15, 0.2) is 65.6 Å². The maximum atomic E-state index is 12.6. The van der Waals surface area contributed by atoms with E-state index in [0.717, 1.165) is 22.4 Å². The smallest absolute Gasteiger partial charge is 0.266 e. The van der Waals surface area contributed by atoms with E-state index in [2.05, 4.69) is 5.32 Å². The van der Waals surface area contributed by atoms with Crippen LogP contribution in [0.5, 0.6) is 0 Å². The lowest BCUT2D eigenvalue weighted by atomic mass is 10.1. The van der Waals surface area contributed by atoms with E-state index in [0.29, 0.717) is 9.23 Å². The summed E-state index contributed by atoms with van der Waals surface area (Å²) in [4.78, 5) is 26.8. The van der Waals surface area contributed by atoms with Gasteiger partial charge in [0.25, 0.3) is 5.91 Å². The lowest BCUT2D eigenvalue weighted by molar-refractivity contribution is -0.126. The number of thiocarbonyl (C=S) groups is 1. The van der Waals surface area contributed by atoms with Crippen LogP contribution in [0, 0.1) is 13.8 Å². The van der Waals surface area contributed by atoms with Crippen molar-refractivity contribution in [2.24, 2.45) is 0 Å². The molecule has 142 valence electrons. The Morgan fingerprint density at radius 1 is 1.18 bits per heavy atom. The van der Waals surface area contributed by atoms with Crippen molar-refractivity contribution in [2.75, 3.05) is 11.9 Å². The zero-order valence-electron chi connectivity index (χ0n) is 15.6. The molecule has 1 aliphatic heterocycles. The first-order chi connectivity index (χ1) is 13.4. The van der Waals surface area contributed by atoms with Crippen molar-refractivity contribution < 1.29 is 9.59 Å². The van der Waals surface area contributed by atoms with Crippen molar-refractivity contribution in [1.82, 2.24) is 4.90 Å². The second kappa shape index (κ2) is 8.99. The highest BCUT2D eigenvalue weighted by molar-refractivity contribution is 8.26. The molecule has 2 aromatic rings. The number of nitrogens with one attached hydrogen (secondary N) is 1. The number of thioether (sulfide) groups is 1. The predicted molar refractivity (Wildman–Crippen MR) is 120 cm³/mol. The van der Waals surface area contributed by atoms with Gasteiger partial charge in [-0.15, -0.1) is 0 Å². The number of allylic oxidation sites excluding steroid dienone is 2. The van der Waals surface area contributed by atoms with Gasteiger partial charge in [-0.1, -0.05) is 84.2 Å². The maximum Gasteiger partial charge on any atom is 0.266 e. The third-order valence-corrected chi connectivity index (χ3v) is 5.56. The van der Waals surface area contributed by atoms with Gasteiger partial charge in [0.05, 0.1) is 4.91 Å². The van der Waals surface area contributed by atoms with Gasteiger partial charge >= 0.3 is 0 Å². The van der Waals surface area contributed by atoms with Crippen molar-refractivity contribution >= 4 is 51.9 Å². The molecule has 0 unspecified atom stereocenters. The number of benzene rings is 2. The summed E-state index contributed by atoms with van der Waals surface area (Å²) in [7, 11) is 0. The topological polar surface area (TPSA) is 49.4 Å². The number of nitrogens with zero attached hydrogens (tertiary/aromatic N) is 1. The van der Waals surface area contributed by atoms with Crippen molar-refractivity contribution in [1.29, 1.82) is 0 Å². The van der Waals surface area contributed by atoms with Crippen LogP contribution in [0.4, 0.5) is 5.69 Å². The highest BCUT2D eigenvalue weighted by Crippen LogP contribution is 2.31. The number of aryl methyl sites for hydroxylation is 2. The molecule has 4 nitrogen and oxygen atoms in total. The molecule has 28 heavy (non-hydrogen) atoms. The van der Waals surface area contributed by atoms with E-state index < -0.39 is 0 Å². The molecule has 2 aromatic carbocycles. The van der Waals surface area contributed by atoms with Gasteiger partial charge in [0, 0.05) is 5.69 Å². The average molecular weight is 409 g/mol. The van der Waals surface area contributed by atoms with Gasteiger partial charge in [0.2, 0.25) is 5.91 Å². The van der Waals surface area contributed by atoms with Crippen LogP contribution in [-0.4, -0.2) is 27.6 Å². The summed E-state index contributed by atoms with van der Waals surface area (Å²) in [5, 5.41) is 2.85. The van der Waals surface area contributed by atoms with Gasteiger partial charge in [0.1, 0.15) is 10.9 Å². The first kappa shape index (κ1) is 20.0. The molecule has 2 amide bonds. The predicted octanol–water partition coefficient (Wildman–Crippen LogP) is 4.70. The Hall–Kier alpha value is -2.70. The molecule has 0 aromatic heterocycles. The van der Waals surface area contributed by atoms with Gasteiger partial charge < -0.3 is 5.32 Å². The number of hydrogen-bond acceptors (Lipinski definition) is 4. The van der Waals surface area contributed by atoms with Crippen molar-refractivity contribution in [3.63, 3.8) is 0 Å². The van der Waals surface area contributed by atoms with Gasteiger partial charge in [-0.25, -0.2) is 0 Å². The van der Waals surface area contributed by atoms with E-state index in [1.165, 1.54) is 16.7 Å². The lowest BCUT2D eigenvalue weighted by Crippen LogP contribution is -2.36. The maximum absolute atomic E-state index is 12.6. The summed E-state index contributed by atoms with van der Waals surface area (Å²) in [6, 6.07) is 15.6. The normalized spacial score (nSPS) is 15.6. The molecule has 0 atom stereocenters. The molecule has 1 fully saturated rings. The summed E-state index contributed by atoms with van der Waals surface area (Å²) in [6.07, 6.45) is 5.46. The Balaban J connectivity index is 1.64. The molecule has 1 saturated heterocycles. The molecule has 1 heterocycles. The van der Waals surface area contributed by atoms with Crippen molar-refractivity contribution in [2.45, 2.75) is 13.8 Å². The van der Waals surface area contributed by atoms with E-state index >= 15 is 0 Å². The fourth-order valence-corrected chi connectivity index (χ4v) is 3.96. The van der Waals surface area contributed by atoms with Gasteiger partial charge in [-0.3, -0.25) is 14.5 Å². The summed E-state index contributed by atoms with van der Waals surface area (Å²) in [5.41, 5.74) is 3.88. The van der Waals surface area contributed by atoms with Crippen LogP contribution in [0.25, 0.3) is 6.08 Å². The van der Waals surface area contributed by atoms with Crippen molar-refractivity contribution in [3.05, 3.63) is 82.3 Å². The Morgan fingerprint density at radius 2 is 1.93 bits per heavy atom. The van der Waals surface area contributed by atoms with Crippen LogP contribution in [0.3, 0.4) is 0 Å². The Morgan fingerprint density at radius 3 is 2.64 bits per heavy atom. The molecule has 1 aliphatic rings. The minimum absolute atomic E-state index is 0.0995. The van der Waals surface area contributed by atoms with Gasteiger partial charge in [0.15, 0.2) is 0 Å². The molecule has 0 aliphatic carbocycles. The Labute approximate surface area is 174 Å². The second-order valence-corrected chi connectivity index (χ2v) is 8.10. The molecular formula is C22H20N2O2S2. The Bertz CT molecular complexity index is 981. The number of carbonyl (C=O) groups is 2. The monoisotopic (exact) mass is 408 g/mol. The van der Waals surface area contributed by atoms with Crippen LogP contribution >= 0.6 is 24.0 Å². The van der Waals surface area contributed by atoms with Crippen LogP contribution in [0.1, 0.15) is 16.7 Å². The number of hydrogen-bond donors (Lipinski definition) is 1. The molecule has 0 bridgehead atoms. The molecule has 0 saturated carbocycles. The van der Waals surface area contributed by atoms with Gasteiger partial charge in [-0.2, -0.15) is 0 Å². The lowest BCUT2D eigenvalue weighted by Gasteiger charge is -2.15. The number of carbonyl (C=O) groups excluding carboxylic acids is 2. The third kappa shape index (κ3) is 4.97. The van der Waals surface area contributed by atoms with Crippen LogP contribution in [-0.2, 0) is 9.59 Å². The van der Waals surface area contributed by atoms with E-state index in [-0.39, 0.29) is 18.4 Å². The molecule has 6 heteroatoms. The third-order valence-electron chi connectivity index (χ3n) is 4.17. The van der Waals surface area contributed by atoms with E-state index in [4.69, 9.17) is 12.2 Å². The highest BCUT2D eigenvalue weighted by atomic mass is 32.2. The Kier molecular flexibility index (Phi) is 6.44. The van der Waals surface area contributed by atoms with Crippen LogP contribution in [0.2, 0.25) is 0 Å². The molecular weight excluding hydrogens is 388 g/mol. The first-order valence-electron chi connectivity index (χ1n) is 8.78. The van der Waals surface area contributed by atoms with Crippen molar-refractivity contribution in [3.8, 4) is 0 Å². The standard InChI is InChI=1S/C22H20N2O2S2/c1-15-11-12-18(16(2)13-15)23-20(25)14-24-21(26)19(28-22(24)27)10-6-9-17-7-4-3-5-8-17/h3-13H,14H2,1-2H3,(H,23,25)/b9-6+,19-10-. The van der Waals surface area contributed by atoms with Crippen LogP contribution < -0.4 is 5.32 Å². The fraction of sp³-hybridized carbons (Fsp3) is 0.136. The zero-order valence-corrected chi connectivity index (χ0v) is 17.3. The van der Waals surface area contributed by atoms with E-state index in [9.17, 15) is 9.59 Å². The quantitative estimate of drug-likeness (QED) is 0.576. The summed E-state index contributed by atoms with van der Waals surface area (Å²) in [6.45, 7) is 3.83. The number of anilines is 1. The first-order valence-corrected chi connectivity index (χ1v) is 10.0. The molecule has 0 spiro atoms. The SMILES string of the molecule is Cc1ccc(NC(=O)CN2C(=O)/C(=C/C=C/c3ccccc3)SC2=S)c(C)c1. The second-order valence-electron chi connectivity index (χ2n) is 6.43. The minimum Gasteiger partial charge on any atom is -0.324 e. The highest BCUT2D eigenvalue weighted by Gasteiger charge is 2.33. The largest absolute Gasteiger partial charge is 0.324 e. The summed E-state index contributed by atoms with van der Waals surface area (Å²) < 4.78 is 0.389. The van der Waals surface area contributed by atoms with E-state index in [1.807, 2.05) is 74.5 Å². The molecule has 1 N–H and O–H groups in total. The number of rotatable bonds is 5. The number of amides is 2.